The van der Waals surface area contributed by atoms with Gasteiger partial charge in [-0.15, -0.1) is 0 Å². The maximum atomic E-state index is 13.5. The molecule has 1 atom stereocenters. The lowest BCUT2D eigenvalue weighted by Gasteiger charge is -2.27. The molecular formula is C13H12F5NO2. The Morgan fingerprint density at radius 1 is 1.29 bits per heavy atom. The molecule has 1 aromatic carbocycles. The maximum Gasteiger partial charge on any atom is 0.406 e. The van der Waals surface area contributed by atoms with Crippen LogP contribution in [0.3, 0.4) is 0 Å². The topological polar surface area (TPSA) is 40.5 Å². The Morgan fingerprint density at radius 3 is 2.29 bits per heavy atom. The molecule has 0 aliphatic carbocycles. The van der Waals surface area contributed by atoms with Gasteiger partial charge in [0, 0.05) is 25.2 Å². The lowest BCUT2D eigenvalue weighted by molar-refractivity contribution is -0.227. The van der Waals surface area contributed by atoms with Gasteiger partial charge in [0.05, 0.1) is 0 Å². The molecule has 0 radical (unpaired) electrons. The Morgan fingerprint density at radius 2 is 1.86 bits per heavy atom. The van der Waals surface area contributed by atoms with Crippen LogP contribution in [-0.2, 0) is 11.3 Å². The van der Waals surface area contributed by atoms with Crippen LogP contribution in [0.25, 0.3) is 0 Å². The van der Waals surface area contributed by atoms with Crippen LogP contribution in [0, 0.1) is 17.0 Å². The van der Waals surface area contributed by atoms with E-state index in [2.05, 4.69) is 0 Å². The van der Waals surface area contributed by atoms with Crippen LogP contribution in [0.2, 0.25) is 0 Å². The van der Waals surface area contributed by atoms with Gasteiger partial charge in [-0.3, -0.25) is 9.69 Å². The Labute approximate surface area is 117 Å². The highest BCUT2D eigenvalue weighted by Gasteiger charge is 2.63. The van der Waals surface area contributed by atoms with Crippen molar-refractivity contribution in [3.8, 4) is 0 Å². The van der Waals surface area contributed by atoms with E-state index < -0.39 is 48.7 Å². The fraction of sp³-hybridized carbons (Fsp3) is 0.462. The van der Waals surface area contributed by atoms with Crippen LogP contribution < -0.4 is 0 Å². The van der Waals surface area contributed by atoms with E-state index in [1.165, 1.54) is 0 Å². The van der Waals surface area contributed by atoms with Crippen molar-refractivity contribution in [1.82, 2.24) is 4.90 Å². The molecule has 1 aliphatic heterocycles. The summed E-state index contributed by atoms with van der Waals surface area (Å²) in [6.07, 6.45) is -5.55. The van der Waals surface area contributed by atoms with Crippen molar-refractivity contribution in [2.75, 3.05) is 13.1 Å². The van der Waals surface area contributed by atoms with Crippen molar-refractivity contribution in [2.24, 2.45) is 5.41 Å². The second-order valence-corrected chi connectivity index (χ2v) is 5.05. The molecule has 1 N–H and O–H groups in total. The predicted octanol–water partition coefficient (Wildman–Crippen LogP) is 2.80. The van der Waals surface area contributed by atoms with E-state index in [9.17, 15) is 26.7 Å². The average molecular weight is 309 g/mol. The third-order valence-corrected chi connectivity index (χ3v) is 3.74. The third kappa shape index (κ3) is 2.72. The van der Waals surface area contributed by atoms with E-state index >= 15 is 0 Å². The smallest absolute Gasteiger partial charge is 0.406 e. The van der Waals surface area contributed by atoms with Crippen molar-refractivity contribution < 1.29 is 31.9 Å². The van der Waals surface area contributed by atoms with Crippen LogP contribution in [-0.4, -0.2) is 35.2 Å². The summed E-state index contributed by atoms with van der Waals surface area (Å²) in [5.41, 5.74) is -3.24. The normalized spacial score (nSPS) is 23.5. The number of hydrogen-bond donors (Lipinski definition) is 1. The second-order valence-electron chi connectivity index (χ2n) is 5.05. The number of carboxylic acids is 1. The molecular weight excluding hydrogens is 297 g/mol. The van der Waals surface area contributed by atoms with Gasteiger partial charge in [0.2, 0.25) is 0 Å². The number of aliphatic carboxylic acids is 1. The number of alkyl halides is 3. The van der Waals surface area contributed by atoms with Gasteiger partial charge in [0.15, 0.2) is 5.41 Å². The van der Waals surface area contributed by atoms with Gasteiger partial charge in [-0.25, -0.2) is 8.78 Å². The van der Waals surface area contributed by atoms with E-state index in [0.717, 1.165) is 23.1 Å². The number of rotatable bonds is 3. The molecule has 1 unspecified atom stereocenters. The molecule has 0 saturated carbocycles. The minimum absolute atomic E-state index is 0.195. The molecule has 0 aromatic heterocycles. The first-order chi connectivity index (χ1) is 9.67. The lowest BCUT2D eigenvalue weighted by atomic mass is 9.86. The molecule has 2 rings (SSSR count). The Balaban J connectivity index is 2.21. The molecule has 0 bridgehead atoms. The van der Waals surface area contributed by atoms with Gasteiger partial charge in [0.1, 0.15) is 11.6 Å². The summed E-state index contributed by atoms with van der Waals surface area (Å²) in [4.78, 5) is 12.1. The predicted molar refractivity (Wildman–Crippen MR) is 62.4 cm³/mol. The van der Waals surface area contributed by atoms with Crippen molar-refractivity contribution in [3.63, 3.8) is 0 Å². The summed E-state index contributed by atoms with van der Waals surface area (Å²) < 4.78 is 65.9. The van der Waals surface area contributed by atoms with Gasteiger partial charge >= 0.3 is 12.1 Å². The summed E-state index contributed by atoms with van der Waals surface area (Å²) in [5.74, 6) is -3.70. The van der Waals surface area contributed by atoms with E-state index in [1.54, 1.807) is 0 Å². The summed E-state index contributed by atoms with van der Waals surface area (Å²) >= 11 is 0. The summed E-state index contributed by atoms with van der Waals surface area (Å²) in [6, 6.07) is 3.15. The third-order valence-electron chi connectivity index (χ3n) is 3.74. The number of likely N-dealkylation sites (tertiary alicyclic amines) is 1. The molecule has 21 heavy (non-hydrogen) atoms. The first-order valence-electron chi connectivity index (χ1n) is 6.13. The SMILES string of the molecule is O=C(O)C1(C(F)(F)F)CCN(Cc2c(F)cccc2F)C1. The second kappa shape index (κ2) is 5.25. The molecule has 8 heteroatoms. The first kappa shape index (κ1) is 15.7. The maximum absolute atomic E-state index is 13.5. The van der Waals surface area contributed by atoms with Gasteiger partial charge < -0.3 is 5.11 Å². The standard InChI is InChI=1S/C13H12F5NO2/c14-9-2-1-3-10(15)8(9)6-19-5-4-12(7-19,11(20)21)13(16,17)18/h1-3H,4-7H2,(H,20,21). The zero-order chi connectivity index (χ0) is 15.8. The first-order valence-corrected chi connectivity index (χ1v) is 6.13. The van der Waals surface area contributed by atoms with Crippen LogP contribution >= 0.6 is 0 Å². The monoisotopic (exact) mass is 309 g/mol. The minimum Gasteiger partial charge on any atom is -0.481 e. The van der Waals surface area contributed by atoms with Crippen molar-refractivity contribution >= 4 is 5.97 Å². The summed E-state index contributed by atoms with van der Waals surface area (Å²) in [5, 5.41) is 8.90. The van der Waals surface area contributed by atoms with Crippen LogP contribution in [0.5, 0.6) is 0 Å². The van der Waals surface area contributed by atoms with Crippen molar-refractivity contribution in [2.45, 2.75) is 19.1 Å². The molecule has 1 fully saturated rings. The fourth-order valence-corrected chi connectivity index (χ4v) is 2.46. The van der Waals surface area contributed by atoms with Gasteiger partial charge in [-0.05, 0) is 18.6 Å². The van der Waals surface area contributed by atoms with E-state index in [-0.39, 0.29) is 12.1 Å². The molecule has 3 nitrogen and oxygen atoms in total. The van der Waals surface area contributed by atoms with Crippen LogP contribution in [0.1, 0.15) is 12.0 Å². The van der Waals surface area contributed by atoms with Crippen molar-refractivity contribution in [1.29, 1.82) is 0 Å². The molecule has 0 amide bonds. The summed E-state index contributed by atoms with van der Waals surface area (Å²) in [7, 11) is 0. The molecule has 1 heterocycles. The molecule has 116 valence electrons. The highest BCUT2D eigenvalue weighted by Crippen LogP contribution is 2.46. The van der Waals surface area contributed by atoms with Crippen LogP contribution in [0.4, 0.5) is 22.0 Å². The van der Waals surface area contributed by atoms with Crippen molar-refractivity contribution in [3.05, 3.63) is 35.4 Å². The van der Waals surface area contributed by atoms with Gasteiger partial charge in [-0.1, -0.05) is 6.07 Å². The fourth-order valence-electron chi connectivity index (χ4n) is 2.46. The van der Waals surface area contributed by atoms with Gasteiger partial charge in [0.25, 0.3) is 0 Å². The minimum atomic E-state index is -4.92. The number of nitrogens with zero attached hydrogens (tertiary/aromatic N) is 1. The molecule has 1 aromatic rings. The number of carbonyl (C=O) groups is 1. The molecule has 0 spiro atoms. The number of benzene rings is 1. The largest absolute Gasteiger partial charge is 0.481 e. The zero-order valence-corrected chi connectivity index (χ0v) is 10.8. The number of halogens is 5. The number of hydrogen-bond acceptors (Lipinski definition) is 2. The van der Waals surface area contributed by atoms with E-state index in [1.807, 2.05) is 0 Å². The Hall–Kier alpha value is -1.70. The Kier molecular flexibility index (Phi) is 3.92. The van der Waals surface area contributed by atoms with E-state index in [0.29, 0.717) is 0 Å². The zero-order valence-electron chi connectivity index (χ0n) is 10.8. The Bertz CT molecular complexity index is 540. The number of carboxylic acid groups (broad SMARTS) is 1. The quantitative estimate of drug-likeness (QED) is 0.873. The van der Waals surface area contributed by atoms with Gasteiger partial charge in [-0.2, -0.15) is 13.2 Å². The average Bonchev–Trinajstić information content (AvgIpc) is 2.79. The lowest BCUT2D eigenvalue weighted by Crippen LogP contribution is -2.47. The molecule has 1 aliphatic rings. The summed E-state index contributed by atoms with van der Waals surface area (Å²) in [6.45, 7) is -1.41. The molecule has 1 saturated heterocycles. The highest BCUT2D eigenvalue weighted by atomic mass is 19.4. The van der Waals surface area contributed by atoms with E-state index in [4.69, 9.17) is 5.11 Å². The van der Waals surface area contributed by atoms with Crippen LogP contribution in [0.15, 0.2) is 18.2 Å². The highest BCUT2D eigenvalue weighted by molar-refractivity contribution is 5.76.